The quantitative estimate of drug-likeness (QED) is 0.814. The van der Waals surface area contributed by atoms with Gasteiger partial charge in [-0.25, -0.2) is 4.98 Å². The Balaban J connectivity index is 1.82. The number of nitrogens with zero attached hydrogens (tertiary/aromatic N) is 1. The minimum absolute atomic E-state index is 0.124. The van der Waals surface area contributed by atoms with Gasteiger partial charge in [0.15, 0.2) is 5.15 Å². The van der Waals surface area contributed by atoms with E-state index in [1.54, 1.807) is 23.6 Å². The molecule has 19 heavy (non-hydrogen) atoms. The molecule has 1 aliphatic rings. The van der Waals surface area contributed by atoms with Crippen LogP contribution in [0.2, 0.25) is 5.15 Å². The molecule has 0 saturated carbocycles. The summed E-state index contributed by atoms with van der Waals surface area (Å²) in [5, 5.41) is 3.10. The summed E-state index contributed by atoms with van der Waals surface area (Å²) >= 11 is 10.8. The number of thiophene rings is 1. The molecule has 1 N–H and O–H groups in total. The number of rotatable bonds is 2. The van der Waals surface area contributed by atoms with Gasteiger partial charge in [0.2, 0.25) is 0 Å². The maximum atomic E-state index is 12.2. The van der Waals surface area contributed by atoms with Crippen molar-refractivity contribution < 1.29 is 4.79 Å². The van der Waals surface area contributed by atoms with Gasteiger partial charge in [-0.05, 0) is 52.9 Å². The maximum Gasteiger partial charge on any atom is 0.265 e. The first-order valence-electron chi connectivity index (χ1n) is 5.87. The molecule has 0 aromatic carbocycles. The third-order valence-electron chi connectivity index (χ3n) is 3.02. The maximum absolute atomic E-state index is 12.2. The van der Waals surface area contributed by atoms with Crippen molar-refractivity contribution in [1.29, 1.82) is 0 Å². The van der Waals surface area contributed by atoms with Gasteiger partial charge in [-0.2, -0.15) is 0 Å². The molecule has 0 unspecified atom stereocenters. The van der Waals surface area contributed by atoms with Gasteiger partial charge in [0.1, 0.15) is 0 Å². The summed E-state index contributed by atoms with van der Waals surface area (Å²) in [5.74, 6) is -0.124. The molecule has 2 aromatic rings. The molecule has 0 aliphatic heterocycles. The zero-order chi connectivity index (χ0) is 13.4. The molecule has 2 heterocycles. The molecule has 1 amide bonds. The van der Waals surface area contributed by atoms with Gasteiger partial charge in [0.05, 0.1) is 10.6 Å². The van der Waals surface area contributed by atoms with Crippen LogP contribution < -0.4 is 5.32 Å². The average Bonchev–Trinajstić information content (AvgIpc) is 2.94. The lowest BCUT2D eigenvalue weighted by molar-refractivity contribution is 0.103. The molecule has 6 heteroatoms. The van der Waals surface area contributed by atoms with Crippen molar-refractivity contribution in [2.75, 3.05) is 5.32 Å². The summed E-state index contributed by atoms with van der Waals surface area (Å²) < 4.78 is 0.779. The first kappa shape index (κ1) is 13.1. The van der Waals surface area contributed by atoms with Crippen LogP contribution in [0.5, 0.6) is 0 Å². The normalized spacial score (nSPS) is 13.4. The fourth-order valence-corrected chi connectivity index (χ4v) is 3.77. The van der Waals surface area contributed by atoms with Gasteiger partial charge < -0.3 is 5.32 Å². The number of hydrogen-bond donors (Lipinski definition) is 1. The van der Waals surface area contributed by atoms with Crippen LogP contribution in [0.3, 0.4) is 0 Å². The van der Waals surface area contributed by atoms with E-state index in [2.05, 4.69) is 26.2 Å². The van der Waals surface area contributed by atoms with Crippen molar-refractivity contribution in [1.82, 2.24) is 4.98 Å². The number of anilines is 1. The number of nitrogens with one attached hydrogen (secondary N) is 1. The van der Waals surface area contributed by atoms with Crippen LogP contribution in [-0.4, -0.2) is 10.9 Å². The second kappa shape index (κ2) is 5.23. The highest BCUT2D eigenvalue weighted by Crippen LogP contribution is 2.31. The highest BCUT2D eigenvalue weighted by molar-refractivity contribution is 9.10. The Hall–Kier alpha value is -0.910. The zero-order valence-corrected chi connectivity index (χ0v) is 13.0. The average molecular weight is 358 g/mol. The Labute approximate surface area is 128 Å². The van der Waals surface area contributed by atoms with Gasteiger partial charge in [0.25, 0.3) is 5.91 Å². The number of carbonyl (C=O) groups is 1. The molecule has 1 aliphatic carbocycles. The molecule has 0 bridgehead atoms. The fraction of sp³-hybridized carbons (Fsp3) is 0.231. The monoisotopic (exact) mass is 356 g/mol. The van der Waals surface area contributed by atoms with Crippen LogP contribution in [0.25, 0.3) is 0 Å². The summed E-state index contributed by atoms with van der Waals surface area (Å²) in [6.07, 6.45) is 4.97. The number of aryl methyl sites for hydroxylation is 2. The van der Waals surface area contributed by atoms with Crippen LogP contribution >= 0.6 is 38.9 Å². The Morgan fingerprint density at radius 2 is 2.26 bits per heavy atom. The third-order valence-corrected chi connectivity index (χ3v) is 5.00. The van der Waals surface area contributed by atoms with Crippen molar-refractivity contribution in [2.24, 2.45) is 0 Å². The SMILES string of the molecule is O=C(Nc1cc(Br)cnc1Cl)c1cc2c(s1)CCC2. The van der Waals surface area contributed by atoms with Gasteiger partial charge in [0, 0.05) is 15.5 Å². The van der Waals surface area contributed by atoms with E-state index in [1.165, 1.54) is 16.9 Å². The number of amides is 1. The smallest absolute Gasteiger partial charge is 0.265 e. The minimum Gasteiger partial charge on any atom is -0.319 e. The fourth-order valence-electron chi connectivity index (χ4n) is 2.14. The van der Waals surface area contributed by atoms with Crippen LogP contribution in [-0.2, 0) is 12.8 Å². The Bertz CT molecular complexity index is 635. The number of pyridine rings is 1. The molecule has 98 valence electrons. The molecule has 2 aromatic heterocycles. The topological polar surface area (TPSA) is 42.0 Å². The molecule has 0 radical (unpaired) electrons. The number of carbonyl (C=O) groups excluding carboxylic acids is 1. The van der Waals surface area contributed by atoms with Crippen LogP contribution in [0.1, 0.15) is 26.5 Å². The molecule has 3 rings (SSSR count). The highest BCUT2D eigenvalue weighted by Gasteiger charge is 2.19. The van der Waals surface area contributed by atoms with Crippen molar-refractivity contribution >= 4 is 50.5 Å². The zero-order valence-electron chi connectivity index (χ0n) is 9.87. The molecular formula is C13H10BrClN2OS. The lowest BCUT2D eigenvalue weighted by Gasteiger charge is -2.05. The number of aromatic nitrogens is 1. The van der Waals surface area contributed by atoms with E-state index < -0.39 is 0 Å². The van der Waals surface area contributed by atoms with Crippen molar-refractivity contribution in [2.45, 2.75) is 19.3 Å². The number of hydrogen-bond acceptors (Lipinski definition) is 3. The van der Waals surface area contributed by atoms with Crippen LogP contribution in [0.4, 0.5) is 5.69 Å². The standard InChI is InChI=1S/C13H10BrClN2OS/c14-8-5-9(12(15)16-6-8)17-13(18)11-4-7-2-1-3-10(7)19-11/h4-6H,1-3H2,(H,17,18). The summed E-state index contributed by atoms with van der Waals surface area (Å²) in [5.41, 5.74) is 1.84. The molecule has 0 spiro atoms. The summed E-state index contributed by atoms with van der Waals surface area (Å²) in [7, 11) is 0. The molecule has 0 fully saturated rings. The molecule has 3 nitrogen and oxygen atoms in total. The predicted molar refractivity (Wildman–Crippen MR) is 81.2 cm³/mol. The second-order valence-corrected chi connectivity index (χ2v) is 6.77. The Kier molecular flexibility index (Phi) is 3.60. The van der Waals surface area contributed by atoms with Crippen LogP contribution in [0.15, 0.2) is 22.8 Å². The van der Waals surface area contributed by atoms with E-state index in [9.17, 15) is 4.79 Å². The summed E-state index contributed by atoms with van der Waals surface area (Å²) in [4.78, 5) is 18.2. The molecule has 0 atom stereocenters. The van der Waals surface area contributed by atoms with E-state index in [1.807, 2.05) is 6.07 Å². The minimum atomic E-state index is -0.124. The number of halogens is 2. The van der Waals surface area contributed by atoms with E-state index >= 15 is 0 Å². The molecular weight excluding hydrogens is 348 g/mol. The van der Waals surface area contributed by atoms with E-state index in [-0.39, 0.29) is 5.91 Å². The lowest BCUT2D eigenvalue weighted by Crippen LogP contribution is -2.11. The van der Waals surface area contributed by atoms with Crippen LogP contribution in [0, 0.1) is 0 Å². The predicted octanol–water partition coefficient (Wildman–Crippen LogP) is 4.30. The Morgan fingerprint density at radius 3 is 3.05 bits per heavy atom. The summed E-state index contributed by atoms with van der Waals surface area (Å²) in [6.45, 7) is 0. The first-order valence-corrected chi connectivity index (χ1v) is 7.86. The Morgan fingerprint density at radius 1 is 1.42 bits per heavy atom. The summed E-state index contributed by atoms with van der Waals surface area (Å²) in [6, 6.07) is 3.73. The van der Waals surface area contributed by atoms with Crippen molar-refractivity contribution in [3.05, 3.63) is 43.3 Å². The largest absolute Gasteiger partial charge is 0.319 e. The van der Waals surface area contributed by atoms with Gasteiger partial charge in [-0.15, -0.1) is 11.3 Å². The van der Waals surface area contributed by atoms with Crippen molar-refractivity contribution in [3.8, 4) is 0 Å². The third kappa shape index (κ3) is 2.68. The van der Waals surface area contributed by atoms with E-state index in [0.29, 0.717) is 10.8 Å². The van der Waals surface area contributed by atoms with E-state index in [4.69, 9.17) is 11.6 Å². The lowest BCUT2D eigenvalue weighted by atomic mass is 10.2. The van der Waals surface area contributed by atoms with Gasteiger partial charge in [-0.1, -0.05) is 11.6 Å². The van der Waals surface area contributed by atoms with Gasteiger partial charge in [-0.3, -0.25) is 4.79 Å². The van der Waals surface area contributed by atoms with E-state index in [0.717, 1.165) is 22.2 Å². The number of fused-ring (bicyclic) bond motifs is 1. The van der Waals surface area contributed by atoms with Crippen molar-refractivity contribution in [3.63, 3.8) is 0 Å². The molecule has 0 saturated heterocycles. The second-order valence-electron chi connectivity index (χ2n) is 4.36. The van der Waals surface area contributed by atoms with Gasteiger partial charge >= 0.3 is 0 Å². The highest BCUT2D eigenvalue weighted by atomic mass is 79.9. The first-order chi connectivity index (χ1) is 9.13.